The second kappa shape index (κ2) is 8.02. The van der Waals surface area contributed by atoms with Crippen LogP contribution in [0, 0.1) is 6.92 Å². The minimum atomic E-state index is -0.168. The van der Waals surface area contributed by atoms with Crippen molar-refractivity contribution in [2.24, 2.45) is 0 Å². The Hall–Kier alpha value is -2.85. The van der Waals surface area contributed by atoms with Crippen molar-refractivity contribution < 1.29 is 9.90 Å². The lowest BCUT2D eigenvalue weighted by Crippen LogP contribution is -2.27. The van der Waals surface area contributed by atoms with Crippen molar-refractivity contribution in [2.45, 2.75) is 19.9 Å². The number of hydrogen-bond acceptors (Lipinski definition) is 3. The fourth-order valence-corrected chi connectivity index (χ4v) is 3.10. The average molecular weight is 348 g/mol. The van der Waals surface area contributed by atoms with E-state index in [0.29, 0.717) is 5.56 Å². The van der Waals surface area contributed by atoms with Crippen molar-refractivity contribution in [3.8, 4) is 0 Å². The highest BCUT2D eigenvalue weighted by atomic mass is 16.3. The van der Waals surface area contributed by atoms with E-state index in [4.69, 9.17) is 5.11 Å². The third kappa shape index (κ3) is 3.86. The van der Waals surface area contributed by atoms with Gasteiger partial charge in [-0.25, -0.2) is 0 Å². The smallest absolute Gasteiger partial charge is 0.251 e. The molecule has 0 radical (unpaired) electrons. The summed E-state index contributed by atoms with van der Waals surface area (Å²) in [5.41, 5.74) is 3.64. The molecule has 0 aliphatic heterocycles. The third-order valence-corrected chi connectivity index (χ3v) is 4.62. The van der Waals surface area contributed by atoms with Crippen LogP contribution in [-0.4, -0.2) is 24.2 Å². The summed E-state index contributed by atoms with van der Waals surface area (Å²) in [6.07, 6.45) is 0. The predicted octanol–water partition coefficient (Wildman–Crippen LogP) is 4.04. The number of benzene rings is 3. The quantitative estimate of drug-likeness (QED) is 0.630. The fourth-order valence-electron chi connectivity index (χ4n) is 3.10. The van der Waals surface area contributed by atoms with Crippen molar-refractivity contribution in [1.82, 2.24) is 5.32 Å². The molecule has 4 nitrogen and oxygen atoms in total. The zero-order valence-electron chi connectivity index (χ0n) is 15.1. The van der Waals surface area contributed by atoms with E-state index in [9.17, 15) is 4.79 Å². The number of amides is 1. The van der Waals surface area contributed by atoms with Gasteiger partial charge in [0, 0.05) is 23.8 Å². The number of aliphatic hydroxyl groups is 1. The van der Waals surface area contributed by atoms with Gasteiger partial charge in [0.25, 0.3) is 5.91 Å². The SMILES string of the molecule is Cc1c(NC(C)c2ccc3ccccc3c2)cccc1C(=O)NCCO. The van der Waals surface area contributed by atoms with E-state index in [0.717, 1.165) is 11.3 Å². The maximum Gasteiger partial charge on any atom is 0.251 e. The van der Waals surface area contributed by atoms with Crippen LogP contribution in [0.4, 0.5) is 5.69 Å². The molecule has 0 aromatic heterocycles. The molecule has 0 bridgehead atoms. The summed E-state index contributed by atoms with van der Waals surface area (Å²) in [6.45, 7) is 4.23. The zero-order valence-corrected chi connectivity index (χ0v) is 15.1. The van der Waals surface area contributed by atoms with Gasteiger partial charge in [-0.15, -0.1) is 0 Å². The van der Waals surface area contributed by atoms with E-state index in [1.807, 2.05) is 31.2 Å². The standard InChI is InChI=1S/C22H24N2O2/c1-15-20(22(26)23-12-13-25)8-5-9-21(15)24-16(2)18-11-10-17-6-3-4-7-19(17)14-18/h3-11,14,16,24-25H,12-13H2,1-2H3,(H,23,26). The molecule has 3 aromatic rings. The lowest BCUT2D eigenvalue weighted by molar-refractivity contribution is 0.0944. The number of hydrogen-bond donors (Lipinski definition) is 3. The number of carbonyl (C=O) groups excluding carboxylic acids is 1. The number of nitrogens with one attached hydrogen (secondary N) is 2. The van der Waals surface area contributed by atoms with Gasteiger partial charge < -0.3 is 15.7 Å². The Kier molecular flexibility index (Phi) is 5.54. The molecule has 0 heterocycles. The summed E-state index contributed by atoms with van der Waals surface area (Å²) < 4.78 is 0. The van der Waals surface area contributed by atoms with Gasteiger partial charge in [0.15, 0.2) is 0 Å². The van der Waals surface area contributed by atoms with Gasteiger partial charge in [0.2, 0.25) is 0 Å². The van der Waals surface area contributed by atoms with Crippen molar-refractivity contribution >= 4 is 22.4 Å². The van der Waals surface area contributed by atoms with Gasteiger partial charge in [0.1, 0.15) is 0 Å². The van der Waals surface area contributed by atoms with Crippen LogP contribution >= 0.6 is 0 Å². The first kappa shape index (κ1) is 18.0. The Bertz CT molecular complexity index is 921. The maximum absolute atomic E-state index is 12.2. The van der Waals surface area contributed by atoms with E-state index < -0.39 is 0 Å². The Morgan fingerprint density at radius 1 is 1.04 bits per heavy atom. The minimum absolute atomic E-state index is 0.0677. The van der Waals surface area contributed by atoms with Gasteiger partial charge in [-0.2, -0.15) is 0 Å². The van der Waals surface area contributed by atoms with Crippen molar-refractivity contribution in [3.63, 3.8) is 0 Å². The van der Waals surface area contributed by atoms with Gasteiger partial charge >= 0.3 is 0 Å². The molecule has 4 heteroatoms. The van der Waals surface area contributed by atoms with E-state index in [2.05, 4.69) is 47.9 Å². The maximum atomic E-state index is 12.2. The molecule has 0 aliphatic rings. The number of anilines is 1. The Morgan fingerprint density at radius 2 is 1.81 bits per heavy atom. The summed E-state index contributed by atoms with van der Waals surface area (Å²) >= 11 is 0. The monoisotopic (exact) mass is 348 g/mol. The van der Waals surface area contributed by atoms with Crippen LogP contribution in [0.5, 0.6) is 0 Å². The summed E-state index contributed by atoms with van der Waals surface area (Å²) in [5.74, 6) is -0.168. The number of aliphatic hydroxyl groups excluding tert-OH is 1. The highest BCUT2D eigenvalue weighted by molar-refractivity contribution is 5.97. The number of carbonyl (C=O) groups is 1. The van der Waals surface area contributed by atoms with Crippen LogP contribution in [0.15, 0.2) is 60.7 Å². The molecule has 3 N–H and O–H groups in total. The van der Waals surface area contributed by atoms with E-state index in [1.54, 1.807) is 6.07 Å². The van der Waals surface area contributed by atoms with Gasteiger partial charge in [-0.1, -0.05) is 42.5 Å². The molecule has 1 atom stereocenters. The molecule has 0 spiro atoms. The Balaban J connectivity index is 1.82. The molecule has 0 saturated carbocycles. The van der Waals surface area contributed by atoms with Gasteiger partial charge in [-0.05, 0) is 53.9 Å². The molecule has 26 heavy (non-hydrogen) atoms. The molecule has 0 fully saturated rings. The molecule has 134 valence electrons. The fraction of sp³-hybridized carbons (Fsp3) is 0.227. The van der Waals surface area contributed by atoms with Crippen LogP contribution in [0.2, 0.25) is 0 Å². The second-order valence-electron chi connectivity index (χ2n) is 6.43. The molecule has 1 amide bonds. The predicted molar refractivity (Wildman–Crippen MR) is 107 cm³/mol. The minimum Gasteiger partial charge on any atom is -0.395 e. The van der Waals surface area contributed by atoms with Crippen LogP contribution in [0.3, 0.4) is 0 Å². The summed E-state index contributed by atoms with van der Waals surface area (Å²) in [7, 11) is 0. The molecule has 0 saturated heterocycles. The van der Waals surface area contributed by atoms with Crippen LogP contribution in [0.25, 0.3) is 10.8 Å². The molecule has 3 rings (SSSR count). The first-order valence-electron chi connectivity index (χ1n) is 8.84. The topological polar surface area (TPSA) is 61.4 Å². The summed E-state index contributed by atoms with van der Waals surface area (Å²) in [6, 6.07) is 20.5. The molecular formula is C22H24N2O2. The average Bonchev–Trinajstić information content (AvgIpc) is 2.67. The molecule has 0 aliphatic carbocycles. The molecule has 3 aromatic carbocycles. The van der Waals surface area contributed by atoms with Crippen LogP contribution in [0.1, 0.15) is 34.5 Å². The summed E-state index contributed by atoms with van der Waals surface area (Å²) in [5, 5.41) is 17.5. The lowest BCUT2D eigenvalue weighted by atomic mass is 10.0. The van der Waals surface area contributed by atoms with Gasteiger partial charge in [-0.3, -0.25) is 4.79 Å². The normalized spacial score (nSPS) is 12.0. The zero-order chi connectivity index (χ0) is 18.5. The number of rotatable bonds is 6. The van der Waals surface area contributed by atoms with Crippen LogP contribution < -0.4 is 10.6 Å². The first-order chi connectivity index (χ1) is 12.6. The highest BCUT2D eigenvalue weighted by Gasteiger charge is 2.13. The lowest BCUT2D eigenvalue weighted by Gasteiger charge is -2.19. The molecular weight excluding hydrogens is 324 g/mol. The van der Waals surface area contributed by atoms with Crippen molar-refractivity contribution in [2.75, 3.05) is 18.5 Å². The van der Waals surface area contributed by atoms with E-state index in [1.165, 1.54) is 16.3 Å². The van der Waals surface area contributed by atoms with Crippen molar-refractivity contribution in [1.29, 1.82) is 0 Å². The van der Waals surface area contributed by atoms with Gasteiger partial charge in [0.05, 0.1) is 6.61 Å². The Labute approximate surface area is 153 Å². The van der Waals surface area contributed by atoms with E-state index >= 15 is 0 Å². The van der Waals surface area contributed by atoms with Crippen LogP contribution in [-0.2, 0) is 0 Å². The highest BCUT2D eigenvalue weighted by Crippen LogP contribution is 2.26. The first-order valence-corrected chi connectivity index (χ1v) is 8.84. The Morgan fingerprint density at radius 3 is 2.58 bits per heavy atom. The third-order valence-electron chi connectivity index (χ3n) is 4.62. The summed E-state index contributed by atoms with van der Waals surface area (Å²) in [4.78, 5) is 12.2. The van der Waals surface area contributed by atoms with Crippen molar-refractivity contribution in [3.05, 3.63) is 77.4 Å². The largest absolute Gasteiger partial charge is 0.395 e. The number of fused-ring (bicyclic) bond motifs is 1. The van der Waals surface area contributed by atoms with E-state index in [-0.39, 0.29) is 25.1 Å². The molecule has 1 unspecified atom stereocenters. The second-order valence-corrected chi connectivity index (χ2v) is 6.43.